The third-order valence-electron chi connectivity index (χ3n) is 4.15. The fourth-order valence-electron chi connectivity index (χ4n) is 2.72. The zero-order valence-corrected chi connectivity index (χ0v) is 14.4. The lowest BCUT2D eigenvalue weighted by molar-refractivity contribution is -0.139. The van der Waals surface area contributed by atoms with Crippen molar-refractivity contribution in [3.8, 4) is 0 Å². The summed E-state index contributed by atoms with van der Waals surface area (Å²) in [7, 11) is 0. The molecule has 1 aliphatic heterocycles. The van der Waals surface area contributed by atoms with Crippen molar-refractivity contribution in [1.82, 2.24) is 5.32 Å². The van der Waals surface area contributed by atoms with Crippen LogP contribution >= 0.6 is 0 Å². The molecule has 0 spiro atoms. The summed E-state index contributed by atoms with van der Waals surface area (Å²) < 4.78 is 37.6. The van der Waals surface area contributed by atoms with Gasteiger partial charge in [-0.3, -0.25) is 4.79 Å². The lowest BCUT2D eigenvalue weighted by Gasteiger charge is -2.24. The maximum Gasteiger partial charge on any atom is 0.249 e. The maximum atomic E-state index is 13.3. The van der Waals surface area contributed by atoms with E-state index in [9.17, 15) is 13.6 Å². The molecule has 1 fully saturated rings. The molecule has 1 heterocycles. The summed E-state index contributed by atoms with van der Waals surface area (Å²) in [5, 5.41) is 2.81. The van der Waals surface area contributed by atoms with Crippen molar-refractivity contribution in [3.63, 3.8) is 0 Å². The first-order valence-corrected chi connectivity index (χ1v) is 8.37. The topological polar surface area (TPSA) is 47.6 Å². The van der Waals surface area contributed by atoms with E-state index >= 15 is 0 Å². The van der Waals surface area contributed by atoms with E-state index in [1.54, 1.807) is 6.92 Å². The van der Waals surface area contributed by atoms with E-state index in [1.807, 2.05) is 13.8 Å². The Morgan fingerprint density at radius 2 is 2.08 bits per heavy atom. The molecule has 0 aromatic heterocycles. The second-order valence-electron chi connectivity index (χ2n) is 6.54. The van der Waals surface area contributed by atoms with E-state index in [4.69, 9.17) is 9.47 Å². The van der Waals surface area contributed by atoms with Crippen LogP contribution in [0, 0.1) is 17.6 Å². The number of nitrogens with one attached hydrogen (secondary N) is 1. The normalized spacial score (nSPS) is 20.2. The van der Waals surface area contributed by atoms with Gasteiger partial charge in [0.1, 0.15) is 6.10 Å². The molecule has 0 saturated carbocycles. The van der Waals surface area contributed by atoms with Crippen LogP contribution in [0.15, 0.2) is 18.2 Å². The van der Waals surface area contributed by atoms with Gasteiger partial charge in [-0.1, -0.05) is 19.9 Å². The SMILES string of the molecule is CC(C)[C@H](OC[C@H]1CCCO1)C(=O)N[C@@H](C)c1ccc(F)c(F)c1. The number of carbonyl (C=O) groups excluding carboxylic acids is 1. The number of ether oxygens (including phenoxy) is 2. The van der Waals surface area contributed by atoms with Gasteiger partial charge in [-0.25, -0.2) is 8.78 Å². The Kier molecular flexibility index (Phi) is 6.69. The van der Waals surface area contributed by atoms with Crippen LogP contribution in [-0.2, 0) is 14.3 Å². The highest BCUT2D eigenvalue weighted by Crippen LogP contribution is 2.18. The van der Waals surface area contributed by atoms with Gasteiger partial charge < -0.3 is 14.8 Å². The highest BCUT2D eigenvalue weighted by Gasteiger charge is 2.27. The van der Waals surface area contributed by atoms with Crippen LogP contribution in [-0.4, -0.2) is 31.3 Å². The largest absolute Gasteiger partial charge is 0.376 e. The first kappa shape index (κ1) is 18.8. The fourth-order valence-corrected chi connectivity index (χ4v) is 2.72. The Balaban J connectivity index is 1.94. The van der Waals surface area contributed by atoms with Crippen molar-refractivity contribution in [2.24, 2.45) is 5.92 Å². The summed E-state index contributed by atoms with van der Waals surface area (Å²) in [6.45, 7) is 6.65. The van der Waals surface area contributed by atoms with Crippen molar-refractivity contribution in [2.75, 3.05) is 13.2 Å². The van der Waals surface area contributed by atoms with Crippen LogP contribution in [0.1, 0.15) is 45.2 Å². The molecule has 2 rings (SSSR count). The minimum absolute atomic E-state index is 0.0106. The lowest BCUT2D eigenvalue weighted by atomic mass is 10.0. The molecule has 1 aromatic carbocycles. The maximum absolute atomic E-state index is 13.3. The molecule has 1 aliphatic rings. The van der Waals surface area contributed by atoms with Gasteiger partial charge in [-0.2, -0.15) is 0 Å². The first-order chi connectivity index (χ1) is 11.4. The van der Waals surface area contributed by atoms with Crippen LogP contribution in [0.3, 0.4) is 0 Å². The molecule has 4 nitrogen and oxygen atoms in total. The molecule has 0 radical (unpaired) electrons. The molecule has 1 aromatic rings. The van der Waals surface area contributed by atoms with Crippen molar-refractivity contribution in [1.29, 1.82) is 0 Å². The summed E-state index contributed by atoms with van der Waals surface area (Å²) in [6.07, 6.45) is 1.39. The summed E-state index contributed by atoms with van der Waals surface area (Å²) in [4.78, 5) is 12.5. The number of benzene rings is 1. The highest BCUT2D eigenvalue weighted by atomic mass is 19.2. The fraction of sp³-hybridized carbons (Fsp3) is 0.611. The number of hydrogen-bond acceptors (Lipinski definition) is 3. The van der Waals surface area contributed by atoms with Crippen LogP contribution in [0.5, 0.6) is 0 Å². The highest BCUT2D eigenvalue weighted by molar-refractivity contribution is 5.81. The standard InChI is InChI=1S/C18H25F2NO3/c1-11(2)17(24-10-14-5-4-8-23-14)18(22)21-12(3)13-6-7-15(19)16(20)9-13/h6-7,9,11-12,14,17H,4-5,8,10H2,1-3H3,(H,21,22)/t12-,14+,17-/m0/s1. The molecule has 0 bridgehead atoms. The molecule has 1 N–H and O–H groups in total. The zero-order chi connectivity index (χ0) is 17.7. The molecule has 1 amide bonds. The van der Waals surface area contributed by atoms with E-state index in [1.165, 1.54) is 6.07 Å². The Morgan fingerprint density at radius 3 is 2.67 bits per heavy atom. The van der Waals surface area contributed by atoms with Crippen molar-refractivity contribution in [3.05, 3.63) is 35.4 Å². The smallest absolute Gasteiger partial charge is 0.249 e. The summed E-state index contributed by atoms with van der Waals surface area (Å²) in [5.74, 6) is -2.11. The second-order valence-corrected chi connectivity index (χ2v) is 6.54. The first-order valence-electron chi connectivity index (χ1n) is 8.37. The van der Waals surface area contributed by atoms with Crippen LogP contribution in [0.25, 0.3) is 0 Å². The van der Waals surface area contributed by atoms with Crippen LogP contribution in [0.2, 0.25) is 0 Å². The zero-order valence-electron chi connectivity index (χ0n) is 14.4. The monoisotopic (exact) mass is 341 g/mol. The number of halogens is 2. The van der Waals surface area contributed by atoms with Crippen molar-refractivity contribution < 1.29 is 23.0 Å². The third-order valence-corrected chi connectivity index (χ3v) is 4.15. The van der Waals surface area contributed by atoms with Gasteiger partial charge in [-0.15, -0.1) is 0 Å². The van der Waals surface area contributed by atoms with E-state index in [0.29, 0.717) is 12.2 Å². The molecule has 1 saturated heterocycles. The summed E-state index contributed by atoms with van der Waals surface area (Å²) in [6, 6.07) is 3.17. The molecule has 6 heteroatoms. The number of amides is 1. The molecule has 0 unspecified atom stereocenters. The van der Waals surface area contributed by atoms with Gasteiger partial charge in [0.2, 0.25) is 5.91 Å². The van der Waals surface area contributed by atoms with Crippen LogP contribution in [0.4, 0.5) is 8.78 Å². The quantitative estimate of drug-likeness (QED) is 0.827. The molecular weight excluding hydrogens is 316 g/mol. The number of hydrogen-bond donors (Lipinski definition) is 1. The van der Waals surface area contributed by atoms with Crippen molar-refractivity contribution in [2.45, 2.75) is 51.9 Å². The predicted molar refractivity (Wildman–Crippen MR) is 86.5 cm³/mol. The Morgan fingerprint density at radius 1 is 1.33 bits per heavy atom. The number of rotatable bonds is 7. The molecule has 0 aliphatic carbocycles. The lowest BCUT2D eigenvalue weighted by Crippen LogP contribution is -2.42. The third kappa shape index (κ3) is 4.98. The Bertz CT molecular complexity index is 559. The van der Waals surface area contributed by atoms with Crippen molar-refractivity contribution >= 4 is 5.91 Å². The van der Waals surface area contributed by atoms with Gasteiger partial charge >= 0.3 is 0 Å². The van der Waals surface area contributed by atoms with Gasteiger partial charge in [0.05, 0.1) is 18.8 Å². The Labute approximate surface area is 141 Å². The molecule has 24 heavy (non-hydrogen) atoms. The minimum Gasteiger partial charge on any atom is -0.376 e. The van der Waals surface area contributed by atoms with Gasteiger partial charge in [-0.05, 0) is 43.4 Å². The average molecular weight is 341 g/mol. The van der Waals surface area contributed by atoms with Gasteiger partial charge in [0.25, 0.3) is 0 Å². The average Bonchev–Trinajstić information content (AvgIpc) is 3.03. The second kappa shape index (κ2) is 8.53. The van der Waals surface area contributed by atoms with E-state index in [-0.39, 0.29) is 17.9 Å². The minimum atomic E-state index is -0.927. The van der Waals surface area contributed by atoms with Gasteiger partial charge in [0, 0.05) is 6.61 Å². The predicted octanol–water partition coefficient (Wildman–Crippen LogP) is 3.36. The van der Waals surface area contributed by atoms with Crippen LogP contribution < -0.4 is 5.32 Å². The van der Waals surface area contributed by atoms with Gasteiger partial charge in [0.15, 0.2) is 11.6 Å². The number of carbonyl (C=O) groups is 1. The molecule has 3 atom stereocenters. The molecular formula is C18H25F2NO3. The summed E-state index contributed by atoms with van der Waals surface area (Å²) in [5.41, 5.74) is 0.504. The Hall–Kier alpha value is -1.53. The van der Waals surface area contributed by atoms with E-state index in [0.717, 1.165) is 31.6 Å². The molecule has 134 valence electrons. The summed E-state index contributed by atoms with van der Waals surface area (Å²) >= 11 is 0. The van der Waals surface area contributed by atoms with E-state index in [2.05, 4.69) is 5.32 Å². The van der Waals surface area contributed by atoms with E-state index < -0.39 is 23.8 Å².